The summed E-state index contributed by atoms with van der Waals surface area (Å²) in [6.07, 6.45) is 3.66. The molecular formula is C25H15F4N5O2. The predicted molar refractivity (Wildman–Crippen MR) is 118 cm³/mol. The van der Waals surface area contributed by atoms with E-state index in [4.69, 9.17) is 4.42 Å². The molecule has 0 saturated heterocycles. The first-order valence-corrected chi connectivity index (χ1v) is 10.5. The van der Waals surface area contributed by atoms with Crippen LogP contribution >= 0.6 is 0 Å². The van der Waals surface area contributed by atoms with Crippen LogP contribution in [-0.4, -0.2) is 30.3 Å². The lowest BCUT2D eigenvalue weighted by Gasteiger charge is -2.35. The van der Waals surface area contributed by atoms with Crippen LogP contribution in [0.5, 0.6) is 0 Å². The number of furan rings is 1. The van der Waals surface area contributed by atoms with E-state index in [0.717, 1.165) is 40.8 Å². The van der Waals surface area contributed by atoms with Gasteiger partial charge in [0.2, 0.25) is 0 Å². The Morgan fingerprint density at radius 3 is 2.50 bits per heavy atom. The number of benzene rings is 2. The van der Waals surface area contributed by atoms with Crippen LogP contribution in [0.15, 0.2) is 77.8 Å². The van der Waals surface area contributed by atoms with Gasteiger partial charge in [-0.3, -0.25) is 4.98 Å². The molecule has 2 aromatic carbocycles. The molecule has 0 aliphatic carbocycles. The number of hydrogen-bond donors (Lipinski definition) is 1. The molecule has 1 N–H and O–H groups in total. The van der Waals surface area contributed by atoms with Crippen LogP contribution in [0.4, 0.5) is 17.6 Å². The zero-order valence-electron chi connectivity index (χ0n) is 18.2. The van der Waals surface area contributed by atoms with Gasteiger partial charge < -0.3 is 9.52 Å². The Kier molecular flexibility index (Phi) is 5.74. The zero-order valence-corrected chi connectivity index (χ0v) is 18.2. The number of hydrogen-bond acceptors (Lipinski definition) is 6. The molecule has 3 heterocycles. The normalized spacial score (nSPS) is 13.2. The first-order chi connectivity index (χ1) is 17.3. The van der Waals surface area contributed by atoms with E-state index in [1.165, 1.54) is 6.07 Å². The Hall–Kier alpha value is -4.56. The molecule has 1 atom stereocenters. The summed E-state index contributed by atoms with van der Waals surface area (Å²) in [5.74, 6) is -0.734. The van der Waals surface area contributed by atoms with Gasteiger partial charge in [-0.1, -0.05) is 11.8 Å². The summed E-state index contributed by atoms with van der Waals surface area (Å²) in [7, 11) is 0. The summed E-state index contributed by atoms with van der Waals surface area (Å²) in [5.41, 5.74) is -3.18. The Balaban J connectivity index is 1.49. The number of nitrogens with zero attached hydrogens (tertiary/aromatic N) is 5. The molecule has 5 rings (SSSR count). The van der Waals surface area contributed by atoms with E-state index in [9.17, 15) is 13.9 Å². The molecule has 0 amide bonds. The average molecular weight is 493 g/mol. The standard InChI is InChI=1S/C25H15F4N5O2/c26-19-5-6-20(21(27)12-19)24(35,14-34-15-31-32-33-34)25(28,29)23-8-4-17(13-30-23)2-1-16-3-7-22-18(11-16)9-10-36-22/h3-13,15,35H,14H2. The highest BCUT2D eigenvalue weighted by atomic mass is 19.3. The molecule has 5 aromatic rings. The monoisotopic (exact) mass is 493 g/mol. The van der Waals surface area contributed by atoms with Gasteiger partial charge in [0.05, 0.1) is 12.8 Å². The van der Waals surface area contributed by atoms with Crippen molar-refractivity contribution in [2.45, 2.75) is 18.1 Å². The zero-order chi connectivity index (χ0) is 25.3. The van der Waals surface area contributed by atoms with Gasteiger partial charge in [0.25, 0.3) is 0 Å². The molecule has 0 bridgehead atoms. The number of aromatic nitrogens is 5. The van der Waals surface area contributed by atoms with E-state index in [2.05, 4.69) is 32.4 Å². The Labute approximate surface area is 201 Å². The Bertz CT molecular complexity index is 1590. The lowest BCUT2D eigenvalue weighted by atomic mass is 9.84. The van der Waals surface area contributed by atoms with Crippen LogP contribution in [-0.2, 0) is 18.1 Å². The second-order valence-corrected chi connectivity index (χ2v) is 7.92. The van der Waals surface area contributed by atoms with Gasteiger partial charge in [-0.2, -0.15) is 8.78 Å². The van der Waals surface area contributed by atoms with Crippen LogP contribution in [0.2, 0.25) is 0 Å². The molecule has 11 heteroatoms. The van der Waals surface area contributed by atoms with Crippen LogP contribution in [0.1, 0.15) is 22.4 Å². The fourth-order valence-corrected chi connectivity index (χ4v) is 3.72. The minimum Gasteiger partial charge on any atom is -0.464 e. The second-order valence-electron chi connectivity index (χ2n) is 7.92. The molecule has 36 heavy (non-hydrogen) atoms. The fraction of sp³-hybridized carbons (Fsp3) is 0.120. The van der Waals surface area contributed by atoms with Crippen molar-refractivity contribution >= 4 is 11.0 Å². The summed E-state index contributed by atoms with van der Waals surface area (Å²) in [4.78, 5) is 3.79. The predicted octanol–water partition coefficient (Wildman–Crippen LogP) is 4.17. The number of alkyl halides is 2. The van der Waals surface area contributed by atoms with Gasteiger partial charge in [0, 0.05) is 34.3 Å². The van der Waals surface area contributed by atoms with Gasteiger partial charge in [-0.05, 0) is 59.0 Å². The molecule has 7 nitrogen and oxygen atoms in total. The molecular weight excluding hydrogens is 478 g/mol. The molecule has 0 saturated carbocycles. The highest BCUT2D eigenvalue weighted by Crippen LogP contribution is 2.46. The topological polar surface area (TPSA) is 89.9 Å². The van der Waals surface area contributed by atoms with Gasteiger partial charge in [-0.25, -0.2) is 13.5 Å². The lowest BCUT2D eigenvalue weighted by Crippen LogP contribution is -2.48. The first-order valence-electron chi connectivity index (χ1n) is 10.5. The van der Waals surface area contributed by atoms with Crippen LogP contribution < -0.4 is 0 Å². The van der Waals surface area contributed by atoms with Crippen LogP contribution in [0.25, 0.3) is 11.0 Å². The third-order valence-electron chi connectivity index (χ3n) is 5.57. The minimum absolute atomic E-state index is 0.332. The number of pyridine rings is 1. The van der Waals surface area contributed by atoms with Crippen molar-refractivity contribution in [3.05, 3.63) is 107 Å². The summed E-state index contributed by atoms with van der Waals surface area (Å²) in [6, 6.07) is 11.3. The van der Waals surface area contributed by atoms with Crippen molar-refractivity contribution in [3.8, 4) is 11.8 Å². The van der Waals surface area contributed by atoms with Gasteiger partial charge in [-0.15, -0.1) is 5.10 Å². The highest BCUT2D eigenvalue weighted by Gasteiger charge is 2.57. The van der Waals surface area contributed by atoms with E-state index in [-0.39, 0.29) is 0 Å². The van der Waals surface area contributed by atoms with Crippen molar-refractivity contribution in [2.75, 3.05) is 0 Å². The van der Waals surface area contributed by atoms with E-state index in [1.807, 2.05) is 6.07 Å². The molecule has 0 radical (unpaired) electrons. The van der Waals surface area contributed by atoms with Crippen molar-refractivity contribution in [3.63, 3.8) is 0 Å². The molecule has 0 fully saturated rings. The summed E-state index contributed by atoms with van der Waals surface area (Å²) in [5, 5.41) is 22.2. The number of rotatable bonds is 5. The number of aliphatic hydroxyl groups is 1. The quantitative estimate of drug-likeness (QED) is 0.292. The lowest BCUT2D eigenvalue weighted by molar-refractivity contribution is -0.207. The van der Waals surface area contributed by atoms with Crippen molar-refractivity contribution in [2.24, 2.45) is 0 Å². The van der Waals surface area contributed by atoms with Crippen molar-refractivity contribution in [1.29, 1.82) is 0 Å². The smallest absolute Gasteiger partial charge is 0.323 e. The second kappa shape index (κ2) is 8.90. The number of fused-ring (bicyclic) bond motifs is 1. The van der Waals surface area contributed by atoms with Crippen LogP contribution in [0, 0.1) is 23.5 Å². The SMILES string of the molecule is OC(Cn1cnnn1)(c1ccc(F)cc1F)C(F)(F)c1ccc(C#Cc2ccc3occc3c2)cn1. The largest absolute Gasteiger partial charge is 0.464 e. The van der Waals surface area contributed by atoms with E-state index >= 15 is 8.78 Å². The molecule has 3 aromatic heterocycles. The maximum absolute atomic E-state index is 15.8. The summed E-state index contributed by atoms with van der Waals surface area (Å²) < 4.78 is 65.7. The minimum atomic E-state index is -4.14. The molecule has 0 aliphatic heterocycles. The Morgan fingerprint density at radius 1 is 0.972 bits per heavy atom. The summed E-state index contributed by atoms with van der Waals surface area (Å²) in [6.45, 7) is -0.935. The number of tetrazole rings is 1. The third-order valence-corrected chi connectivity index (χ3v) is 5.57. The van der Waals surface area contributed by atoms with E-state index in [0.29, 0.717) is 22.8 Å². The van der Waals surface area contributed by atoms with Gasteiger partial charge in [0.15, 0.2) is 5.60 Å². The molecule has 0 aliphatic rings. The molecule has 180 valence electrons. The van der Waals surface area contributed by atoms with E-state index in [1.54, 1.807) is 24.5 Å². The maximum atomic E-state index is 15.8. The first kappa shape index (κ1) is 23.2. The van der Waals surface area contributed by atoms with E-state index < -0.39 is 41.0 Å². The third kappa shape index (κ3) is 4.18. The number of halogens is 4. The maximum Gasteiger partial charge on any atom is 0.323 e. The summed E-state index contributed by atoms with van der Waals surface area (Å²) >= 11 is 0. The van der Waals surface area contributed by atoms with Gasteiger partial charge >= 0.3 is 5.92 Å². The van der Waals surface area contributed by atoms with Crippen molar-refractivity contribution < 1.29 is 27.1 Å². The van der Waals surface area contributed by atoms with Crippen LogP contribution in [0.3, 0.4) is 0 Å². The molecule has 1 unspecified atom stereocenters. The molecule has 0 spiro atoms. The fourth-order valence-electron chi connectivity index (χ4n) is 3.72. The van der Waals surface area contributed by atoms with Crippen molar-refractivity contribution in [1.82, 2.24) is 25.2 Å². The Morgan fingerprint density at radius 2 is 1.78 bits per heavy atom. The highest BCUT2D eigenvalue weighted by molar-refractivity contribution is 5.78. The van der Waals surface area contributed by atoms with Gasteiger partial charge in [0.1, 0.15) is 29.2 Å². The average Bonchev–Trinajstić information content (AvgIpc) is 3.54.